The highest BCUT2D eigenvalue weighted by molar-refractivity contribution is 6.17. The van der Waals surface area contributed by atoms with Gasteiger partial charge in [0.25, 0.3) is 0 Å². The second kappa shape index (κ2) is 4.12. The summed E-state index contributed by atoms with van der Waals surface area (Å²) in [5.41, 5.74) is 1.29. The zero-order valence-corrected chi connectivity index (χ0v) is 7.19. The Labute approximate surface area is 75.7 Å². The molecule has 1 aromatic heterocycles. The summed E-state index contributed by atoms with van der Waals surface area (Å²) in [6, 6.07) is 3.59. The van der Waals surface area contributed by atoms with Crippen LogP contribution in [0.4, 0.5) is 0 Å². The molecule has 0 aliphatic heterocycles. The normalized spacial score (nSPS) is 8.36. The second-order valence-corrected chi connectivity index (χ2v) is 2.15. The Morgan fingerprint density at radius 3 is 2.64 bits per heavy atom. The quantitative estimate of drug-likeness (QED) is 0.537. The lowest BCUT2D eigenvalue weighted by Gasteiger charge is -1.88. The predicted octanol–water partition coefficient (Wildman–Crippen LogP) is 1.23. The van der Waals surface area contributed by atoms with Crippen molar-refractivity contribution in [1.82, 2.24) is 4.68 Å². The first-order valence-corrected chi connectivity index (χ1v) is 3.23. The molecule has 11 heavy (non-hydrogen) atoms. The lowest BCUT2D eigenvalue weighted by molar-refractivity contribution is 0.990. The Hall–Kier alpha value is -0.850. The molecule has 0 atom stereocenters. The number of nitrogens with two attached hydrogens (primary N) is 1. The molecule has 1 heterocycles. The van der Waals surface area contributed by atoms with Crippen LogP contribution in [0.1, 0.15) is 11.3 Å². The molecule has 0 spiro atoms. The van der Waals surface area contributed by atoms with Crippen LogP contribution in [0.2, 0.25) is 0 Å². The Morgan fingerprint density at radius 1 is 1.73 bits per heavy atom. The van der Waals surface area contributed by atoms with Gasteiger partial charge in [0.2, 0.25) is 0 Å². The summed E-state index contributed by atoms with van der Waals surface area (Å²) in [6.45, 7) is 0. The molecule has 0 saturated carbocycles. The van der Waals surface area contributed by atoms with Crippen LogP contribution in [0.3, 0.4) is 0 Å². The molecule has 2 N–H and O–H groups in total. The number of nitrogens with zero attached hydrogens (tertiary/aromatic N) is 2. The molecule has 0 unspecified atom stereocenters. The summed E-state index contributed by atoms with van der Waals surface area (Å²) in [5.74, 6) is 5.75. The van der Waals surface area contributed by atoms with Gasteiger partial charge in [-0.25, -0.2) is 0 Å². The van der Waals surface area contributed by atoms with E-state index in [0.29, 0.717) is 11.6 Å². The third kappa shape index (κ3) is 2.04. The van der Waals surface area contributed by atoms with Gasteiger partial charge in [-0.15, -0.1) is 24.0 Å². The standard InChI is InChI=1S/C6H6ClN3.ClH/c7-2-5-1-6(3-8)10(9)4-5;/h1,4H,2,9H2;1H. The van der Waals surface area contributed by atoms with Gasteiger partial charge in [0.15, 0.2) is 0 Å². The predicted molar refractivity (Wildman–Crippen MR) is 46.1 cm³/mol. The van der Waals surface area contributed by atoms with E-state index in [1.165, 1.54) is 4.68 Å². The van der Waals surface area contributed by atoms with Crippen molar-refractivity contribution in [1.29, 1.82) is 5.26 Å². The Bertz CT molecular complexity index is 274. The maximum atomic E-state index is 8.43. The molecule has 0 aliphatic rings. The number of aromatic nitrogens is 1. The van der Waals surface area contributed by atoms with Crippen molar-refractivity contribution >= 4 is 24.0 Å². The number of nitrogen functional groups attached to an aromatic ring is 1. The van der Waals surface area contributed by atoms with Crippen molar-refractivity contribution in [3.05, 3.63) is 23.5 Å². The molecule has 0 aliphatic carbocycles. The topological polar surface area (TPSA) is 54.7 Å². The van der Waals surface area contributed by atoms with Crippen LogP contribution in [-0.4, -0.2) is 4.68 Å². The van der Waals surface area contributed by atoms with Gasteiger partial charge >= 0.3 is 0 Å². The second-order valence-electron chi connectivity index (χ2n) is 1.89. The largest absolute Gasteiger partial charge is 0.338 e. The fraction of sp³-hybridized carbons (Fsp3) is 0.167. The van der Waals surface area contributed by atoms with E-state index >= 15 is 0 Å². The third-order valence-electron chi connectivity index (χ3n) is 1.17. The molecule has 0 saturated heterocycles. The number of hydrogen-bond acceptors (Lipinski definition) is 2. The van der Waals surface area contributed by atoms with Crippen LogP contribution in [0, 0.1) is 11.3 Å². The summed E-state index contributed by atoms with van der Waals surface area (Å²) >= 11 is 5.49. The van der Waals surface area contributed by atoms with Crippen molar-refractivity contribution in [2.24, 2.45) is 0 Å². The molecular formula is C6H7Cl2N3. The molecule has 5 heteroatoms. The summed E-state index contributed by atoms with van der Waals surface area (Å²) in [6.07, 6.45) is 1.63. The summed E-state index contributed by atoms with van der Waals surface area (Å²) in [5, 5.41) is 8.43. The minimum atomic E-state index is 0. The average molecular weight is 192 g/mol. The van der Waals surface area contributed by atoms with E-state index < -0.39 is 0 Å². The molecule has 0 fully saturated rings. The fourth-order valence-electron chi connectivity index (χ4n) is 0.699. The van der Waals surface area contributed by atoms with E-state index in [4.69, 9.17) is 22.7 Å². The van der Waals surface area contributed by atoms with Crippen LogP contribution in [0.25, 0.3) is 0 Å². The Kier molecular flexibility index (Phi) is 3.80. The molecular weight excluding hydrogens is 185 g/mol. The van der Waals surface area contributed by atoms with Gasteiger partial charge in [0, 0.05) is 12.1 Å². The number of halogens is 2. The first kappa shape index (κ1) is 10.2. The van der Waals surface area contributed by atoms with E-state index in [1.54, 1.807) is 12.3 Å². The summed E-state index contributed by atoms with van der Waals surface area (Å²) < 4.78 is 1.26. The van der Waals surface area contributed by atoms with E-state index in [9.17, 15) is 0 Å². The fourth-order valence-corrected chi connectivity index (χ4v) is 0.845. The van der Waals surface area contributed by atoms with Gasteiger partial charge < -0.3 is 5.84 Å². The third-order valence-corrected chi connectivity index (χ3v) is 1.48. The SMILES string of the molecule is Cl.N#Cc1cc(CCl)cn1N. The van der Waals surface area contributed by atoms with Crippen LogP contribution < -0.4 is 5.84 Å². The van der Waals surface area contributed by atoms with Gasteiger partial charge in [-0.2, -0.15) is 5.26 Å². The monoisotopic (exact) mass is 191 g/mol. The first-order valence-electron chi connectivity index (χ1n) is 2.70. The number of nitriles is 1. The lowest BCUT2D eigenvalue weighted by Crippen LogP contribution is -2.07. The molecule has 0 aromatic carbocycles. The average Bonchev–Trinajstić information content (AvgIpc) is 2.30. The van der Waals surface area contributed by atoms with E-state index in [1.807, 2.05) is 6.07 Å². The highest BCUT2D eigenvalue weighted by atomic mass is 35.5. The summed E-state index contributed by atoms with van der Waals surface area (Å²) in [7, 11) is 0. The molecule has 60 valence electrons. The van der Waals surface area contributed by atoms with Gasteiger partial charge in [-0.05, 0) is 11.6 Å². The van der Waals surface area contributed by atoms with Crippen molar-refractivity contribution in [2.75, 3.05) is 5.84 Å². The van der Waals surface area contributed by atoms with Gasteiger partial charge in [-0.3, -0.25) is 4.68 Å². The van der Waals surface area contributed by atoms with Crippen LogP contribution in [0.5, 0.6) is 0 Å². The van der Waals surface area contributed by atoms with Crippen LogP contribution >= 0.6 is 24.0 Å². The number of rotatable bonds is 1. The first-order chi connectivity index (χ1) is 4.77. The van der Waals surface area contributed by atoms with Crippen LogP contribution in [0.15, 0.2) is 12.3 Å². The van der Waals surface area contributed by atoms with Gasteiger partial charge in [0.05, 0.1) is 0 Å². The number of alkyl halides is 1. The van der Waals surface area contributed by atoms with Crippen molar-refractivity contribution in [3.63, 3.8) is 0 Å². The van der Waals surface area contributed by atoms with Gasteiger partial charge in [0.1, 0.15) is 11.8 Å². The molecule has 0 bridgehead atoms. The molecule has 1 rings (SSSR count). The zero-order valence-electron chi connectivity index (χ0n) is 5.62. The minimum Gasteiger partial charge on any atom is -0.338 e. The van der Waals surface area contributed by atoms with E-state index in [2.05, 4.69) is 0 Å². The zero-order chi connectivity index (χ0) is 7.56. The Balaban J connectivity index is 0.000001000. The van der Waals surface area contributed by atoms with Crippen molar-refractivity contribution < 1.29 is 0 Å². The van der Waals surface area contributed by atoms with Gasteiger partial charge in [-0.1, -0.05) is 0 Å². The molecule has 0 amide bonds. The maximum absolute atomic E-state index is 8.43. The lowest BCUT2D eigenvalue weighted by atomic mass is 10.3. The number of hydrogen-bond donors (Lipinski definition) is 1. The molecule has 0 radical (unpaired) electrons. The van der Waals surface area contributed by atoms with Crippen molar-refractivity contribution in [2.45, 2.75) is 5.88 Å². The highest BCUT2D eigenvalue weighted by Crippen LogP contribution is 2.06. The summed E-state index contributed by atoms with van der Waals surface area (Å²) in [4.78, 5) is 0. The molecule has 3 nitrogen and oxygen atoms in total. The maximum Gasteiger partial charge on any atom is 0.139 e. The van der Waals surface area contributed by atoms with Crippen molar-refractivity contribution in [3.8, 4) is 6.07 Å². The van der Waals surface area contributed by atoms with E-state index in [-0.39, 0.29) is 12.4 Å². The van der Waals surface area contributed by atoms with Crippen LogP contribution in [-0.2, 0) is 5.88 Å². The smallest absolute Gasteiger partial charge is 0.139 e. The van der Waals surface area contributed by atoms with E-state index in [0.717, 1.165) is 5.56 Å². The minimum absolute atomic E-state index is 0. The Morgan fingerprint density at radius 2 is 2.36 bits per heavy atom. The molecule has 1 aromatic rings. The highest BCUT2D eigenvalue weighted by Gasteiger charge is 1.99.